The first kappa shape index (κ1) is 16.7. The number of nitrogens with zero attached hydrogens (tertiary/aromatic N) is 2. The number of rotatable bonds is 5. The fraction of sp³-hybridized carbons (Fsp3) is 0.375. The molecular formula is C24H24N2OS. The van der Waals surface area contributed by atoms with Gasteiger partial charge in [-0.2, -0.15) is 0 Å². The van der Waals surface area contributed by atoms with Gasteiger partial charge in [-0.3, -0.25) is 4.57 Å². The van der Waals surface area contributed by atoms with Crippen LogP contribution in [-0.4, -0.2) is 19.4 Å². The molecule has 28 heavy (non-hydrogen) atoms. The maximum absolute atomic E-state index is 10.8. The highest BCUT2D eigenvalue weighted by Gasteiger charge is 2.46. The Morgan fingerprint density at radius 2 is 1.86 bits per heavy atom. The Morgan fingerprint density at radius 3 is 2.54 bits per heavy atom. The van der Waals surface area contributed by atoms with Crippen LogP contribution in [0.25, 0.3) is 16.5 Å². The normalized spacial score (nSPS) is 20.2. The molecule has 0 atom stereocenters. The molecule has 3 nitrogen and oxygen atoms in total. The maximum atomic E-state index is 10.8. The minimum atomic E-state index is -0.154. The summed E-state index contributed by atoms with van der Waals surface area (Å²) in [4.78, 5) is 4.69. The Morgan fingerprint density at radius 1 is 1.07 bits per heavy atom. The molecule has 1 aromatic heterocycles. The Bertz CT molecular complexity index is 1100. The van der Waals surface area contributed by atoms with E-state index in [2.05, 4.69) is 47.2 Å². The van der Waals surface area contributed by atoms with Gasteiger partial charge in [0, 0.05) is 17.8 Å². The van der Waals surface area contributed by atoms with Crippen LogP contribution >= 0.6 is 11.8 Å². The van der Waals surface area contributed by atoms with E-state index in [-0.39, 0.29) is 4.75 Å². The Kier molecular flexibility index (Phi) is 3.67. The Labute approximate surface area is 169 Å². The number of fused-ring (bicyclic) bond motifs is 1. The van der Waals surface area contributed by atoms with Crippen LogP contribution in [0.5, 0.6) is 0 Å². The van der Waals surface area contributed by atoms with Gasteiger partial charge in [0.05, 0.1) is 10.4 Å². The molecule has 0 bridgehead atoms. The number of hydrogen-bond donors (Lipinski definition) is 1. The molecule has 142 valence electrons. The molecule has 0 amide bonds. The van der Waals surface area contributed by atoms with E-state index in [0.717, 1.165) is 36.8 Å². The van der Waals surface area contributed by atoms with Crippen molar-refractivity contribution >= 4 is 22.5 Å². The molecule has 4 heteroatoms. The SMILES string of the molecule is OC(=C1CC1)C1(Sc2nccn2-c2ccc(C3CC3)c3ccccc23)CCC1. The highest BCUT2D eigenvalue weighted by atomic mass is 32.2. The van der Waals surface area contributed by atoms with Gasteiger partial charge >= 0.3 is 0 Å². The number of aliphatic hydroxyl groups excluding tert-OH is 1. The van der Waals surface area contributed by atoms with Crippen LogP contribution in [0, 0.1) is 0 Å². The molecule has 3 fully saturated rings. The van der Waals surface area contributed by atoms with Crippen molar-refractivity contribution in [1.82, 2.24) is 9.55 Å². The molecule has 3 aromatic rings. The van der Waals surface area contributed by atoms with Crippen molar-refractivity contribution in [2.45, 2.75) is 60.8 Å². The van der Waals surface area contributed by atoms with Crippen LogP contribution in [0.4, 0.5) is 0 Å². The fourth-order valence-corrected chi connectivity index (χ4v) is 5.95. The summed E-state index contributed by atoms with van der Waals surface area (Å²) in [7, 11) is 0. The van der Waals surface area contributed by atoms with Crippen molar-refractivity contribution in [2.24, 2.45) is 0 Å². The lowest BCUT2D eigenvalue weighted by atomic mass is 9.82. The molecule has 0 saturated heterocycles. The van der Waals surface area contributed by atoms with Crippen molar-refractivity contribution in [3.05, 3.63) is 65.7 Å². The van der Waals surface area contributed by atoms with Gasteiger partial charge in [0.1, 0.15) is 5.76 Å². The average molecular weight is 389 g/mol. The Balaban J connectivity index is 1.44. The minimum Gasteiger partial charge on any atom is -0.511 e. The number of thioether (sulfide) groups is 1. The van der Waals surface area contributed by atoms with Crippen molar-refractivity contribution in [2.75, 3.05) is 0 Å². The van der Waals surface area contributed by atoms with E-state index in [1.807, 2.05) is 6.20 Å². The largest absolute Gasteiger partial charge is 0.511 e. The van der Waals surface area contributed by atoms with Gasteiger partial charge in [-0.05, 0) is 73.5 Å². The quantitative estimate of drug-likeness (QED) is 0.505. The van der Waals surface area contributed by atoms with Crippen molar-refractivity contribution in [1.29, 1.82) is 0 Å². The summed E-state index contributed by atoms with van der Waals surface area (Å²) < 4.78 is 2.06. The van der Waals surface area contributed by atoms with E-state index in [9.17, 15) is 5.11 Å². The van der Waals surface area contributed by atoms with Crippen molar-refractivity contribution in [3.8, 4) is 5.69 Å². The van der Waals surface area contributed by atoms with Crippen LogP contribution in [-0.2, 0) is 0 Å². The number of imidazole rings is 1. The third-order valence-electron chi connectivity index (χ3n) is 6.53. The van der Waals surface area contributed by atoms with Crippen molar-refractivity contribution < 1.29 is 5.11 Å². The van der Waals surface area contributed by atoms with E-state index in [1.54, 1.807) is 11.8 Å². The topological polar surface area (TPSA) is 38.1 Å². The molecule has 0 aliphatic heterocycles. The molecule has 0 spiro atoms. The molecular weight excluding hydrogens is 364 g/mol. The van der Waals surface area contributed by atoms with E-state index < -0.39 is 0 Å². The van der Waals surface area contributed by atoms with Gasteiger partial charge < -0.3 is 5.11 Å². The summed E-state index contributed by atoms with van der Waals surface area (Å²) in [5.74, 6) is 1.38. The summed E-state index contributed by atoms with van der Waals surface area (Å²) in [6.07, 6.45) is 12.0. The van der Waals surface area contributed by atoms with Gasteiger partial charge in [-0.25, -0.2) is 4.98 Å². The highest BCUT2D eigenvalue weighted by molar-refractivity contribution is 8.00. The lowest BCUT2D eigenvalue weighted by molar-refractivity contribution is 0.273. The maximum Gasteiger partial charge on any atom is 0.173 e. The summed E-state index contributed by atoms with van der Waals surface area (Å²) >= 11 is 1.76. The molecule has 3 aliphatic rings. The second-order valence-corrected chi connectivity index (χ2v) is 9.83. The monoisotopic (exact) mass is 388 g/mol. The lowest BCUT2D eigenvalue weighted by Gasteiger charge is -2.40. The van der Waals surface area contributed by atoms with Crippen LogP contribution in [0.2, 0.25) is 0 Å². The molecule has 3 saturated carbocycles. The smallest absolute Gasteiger partial charge is 0.173 e. The average Bonchev–Trinajstić information content (AvgIpc) is 3.61. The molecule has 1 N–H and O–H groups in total. The Hall–Kier alpha value is -2.20. The highest BCUT2D eigenvalue weighted by Crippen LogP contribution is 2.54. The predicted octanol–water partition coefficient (Wildman–Crippen LogP) is 6.52. The standard InChI is InChI=1S/C24H24N2OS/c27-22(17-8-9-17)24(12-3-13-24)28-23-25-14-15-26(23)21-11-10-18(16-6-7-16)19-4-1-2-5-20(19)21/h1-2,4-5,10-11,14-16,27H,3,6-9,12-13H2. The molecule has 3 aliphatic carbocycles. The predicted molar refractivity (Wildman–Crippen MR) is 114 cm³/mol. The molecule has 6 rings (SSSR count). The first-order valence-corrected chi connectivity index (χ1v) is 11.2. The summed E-state index contributed by atoms with van der Waals surface area (Å²) in [5.41, 5.74) is 3.93. The van der Waals surface area contributed by atoms with Gasteiger partial charge in [-0.15, -0.1) is 0 Å². The van der Waals surface area contributed by atoms with E-state index >= 15 is 0 Å². The second kappa shape index (κ2) is 6.15. The van der Waals surface area contributed by atoms with E-state index in [4.69, 9.17) is 4.98 Å². The van der Waals surface area contributed by atoms with Crippen LogP contribution < -0.4 is 0 Å². The van der Waals surface area contributed by atoms with Crippen LogP contribution in [0.3, 0.4) is 0 Å². The van der Waals surface area contributed by atoms with E-state index in [1.165, 1.54) is 46.9 Å². The zero-order valence-electron chi connectivity index (χ0n) is 15.9. The van der Waals surface area contributed by atoms with Gasteiger partial charge in [0.25, 0.3) is 0 Å². The number of hydrogen-bond acceptors (Lipinski definition) is 3. The number of allylic oxidation sites excluding steroid dienone is 1. The van der Waals surface area contributed by atoms with Crippen molar-refractivity contribution in [3.63, 3.8) is 0 Å². The lowest BCUT2D eigenvalue weighted by Crippen LogP contribution is -2.36. The fourth-order valence-electron chi connectivity index (χ4n) is 4.50. The second-order valence-electron chi connectivity index (χ2n) is 8.48. The molecule has 0 radical (unpaired) electrons. The third kappa shape index (κ3) is 2.61. The first-order valence-electron chi connectivity index (χ1n) is 10.4. The summed E-state index contributed by atoms with van der Waals surface area (Å²) in [5, 5.41) is 14.5. The van der Waals surface area contributed by atoms with Crippen LogP contribution in [0.15, 0.2) is 65.3 Å². The van der Waals surface area contributed by atoms with Crippen LogP contribution in [0.1, 0.15) is 56.4 Å². The van der Waals surface area contributed by atoms with E-state index in [0.29, 0.717) is 5.76 Å². The van der Waals surface area contributed by atoms with Gasteiger partial charge in [0.15, 0.2) is 5.16 Å². The number of benzene rings is 2. The molecule has 2 aromatic carbocycles. The number of aliphatic hydroxyl groups is 1. The third-order valence-corrected chi connectivity index (χ3v) is 8.01. The minimum absolute atomic E-state index is 0.154. The van der Waals surface area contributed by atoms with Gasteiger partial charge in [-0.1, -0.05) is 42.1 Å². The summed E-state index contributed by atoms with van der Waals surface area (Å²) in [6.45, 7) is 0. The number of aromatic nitrogens is 2. The summed E-state index contributed by atoms with van der Waals surface area (Å²) in [6, 6.07) is 13.3. The molecule has 1 heterocycles. The molecule has 0 unspecified atom stereocenters. The van der Waals surface area contributed by atoms with Gasteiger partial charge in [0.2, 0.25) is 0 Å². The zero-order valence-corrected chi connectivity index (χ0v) is 16.7. The first-order chi connectivity index (χ1) is 13.8. The zero-order chi connectivity index (χ0) is 18.7.